The molecule has 0 atom stereocenters. The van der Waals surface area contributed by atoms with Crippen molar-refractivity contribution in [3.63, 3.8) is 0 Å². The van der Waals surface area contributed by atoms with Crippen molar-refractivity contribution in [2.24, 2.45) is 0 Å². The maximum Gasteiger partial charge on any atom is 0.148 e. The molecule has 0 amide bonds. The summed E-state index contributed by atoms with van der Waals surface area (Å²) >= 11 is 4.76. The molecule has 0 saturated heterocycles. The van der Waals surface area contributed by atoms with E-state index in [0.29, 0.717) is 5.75 Å². The van der Waals surface area contributed by atoms with Crippen LogP contribution < -0.4 is 4.74 Å². The molecule has 68 valence electrons. The van der Waals surface area contributed by atoms with Gasteiger partial charge >= 0.3 is 0 Å². The summed E-state index contributed by atoms with van der Waals surface area (Å²) < 4.78 is 6.88. The molecule has 1 N–H and O–H groups in total. The molecule has 1 aromatic heterocycles. The van der Waals surface area contributed by atoms with E-state index in [1.54, 1.807) is 7.11 Å². The SMILES string of the molecule is COc1cccc2c(O)c(Br)sc12. The zero-order chi connectivity index (χ0) is 9.42. The average Bonchev–Trinajstić information content (AvgIpc) is 2.43. The molecule has 13 heavy (non-hydrogen) atoms. The lowest BCUT2D eigenvalue weighted by Crippen LogP contribution is -1.80. The van der Waals surface area contributed by atoms with Gasteiger partial charge in [0, 0.05) is 5.39 Å². The number of rotatable bonds is 1. The Hall–Kier alpha value is -0.740. The summed E-state index contributed by atoms with van der Waals surface area (Å²) in [6.45, 7) is 0. The Labute approximate surface area is 87.9 Å². The fraction of sp³-hybridized carbons (Fsp3) is 0.111. The lowest BCUT2D eigenvalue weighted by Gasteiger charge is -1.99. The molecule has 0 spiro atoms. The van der Waals surface area contributed by atoms with Crippen LogP contribution in [0.15, 0.2) is 22.0 Å². The molecule has 0 aliphatic carbocycles. The third-order valence-corrected chi connectivity index (χ3v) is 3.69. The van der Waals surface area contributed by atoms with Crippen LogP contribution in [0, 0.1) is 0 Å². The first-order chi connectivity index (χ1) is 6.24. The van der Waals surface area contributed by atoms with Gasteiger partial charge in [-0.15, -0.1) is 11.3 Å². The first kappa shape index (κ1) is 8.84. The van der Waals surface area contributed by atoms with Gasteiger partial charge in [-0.3, -0.25) is 0 Å². The Bertz CT molecular complexity index is 450. The number of methoxy groups -OCH3 is 1. The van der Waals surface area contributed by atoms with Gasteiger partial charge in [0.2, 0.25) is 0 Å². The van der Waals surface area contributed by atoms with Crippen LogP contribution in [0.1, 0.15) is 0 Å². The molecule has 2 rings (SSSR count). The number of fused-ring (bicyclic) bond motifs is 1. The first-order valence-corrected chi connectivity index (χ1v) is 5.29. The summed E-state index contributed by atoms with van der Waals surface area (Å²) in [5.74, 6) is 1.09. The van der Waals surface area contributed by atoms with Crippen LogP contribution in [0.25, 0.3) is 10.1 Å². The van der Waals surface area contributed by atoms with Crippen molar-refractivity contribution < 1.29 is 9.84 Å². The molecule has 0 unspecified atom stereocenters. The minimum Gasteiger partial charge on any atom is -0.505 e. The van der Waals surface area contributed by atoms with Gasteiger partial charge in [-0.25, -0.2) is 0 Å². The van der Waals surface area contributed by atoms with E-state index in [1.165, 1.54) is 11.3 Å². The highest BCUT2D eigenvalue weighted by Crippen LogP contribution is 2.44. The number of benzene rings is 1. The summed E-state index contributed by atoms with van der Waals surface area (Å²) in [5.41, 5.74) is 0. The number of thiophene rings is 1. The van der Waals surface area contributed by atoms with E-state index in [0.717, 1.165) is 19.6 Å². The van der Waals surface area contributed by atoms with Gasteiger partial charge in [0.25, 0.3) is 0 Å². The van der Waals surface area contributed by atoms with Gasteiger partial charge in [-0.2, -0.15) is 0 Å². The lowest BCUT2D eigenvalue weighted by molar-refractivity contribution is 0.420. The quantitative estimate of drug-likeness (QED) is 0.850. The second-order valence-corrected chi connectivity index (χ2v) is 4.90. The summed E-state index contributed by atoms with van der Waals surface area (Å²) in [6.07, 6.45) is 0. The topological polar surface area (TPSA) is 29.5 Å². The third kappa shape index (κ3) is 1.30. The normalized spacial score (nSPS) is 10.6. The average molecular weight is 259 g/mol. The second kappa shape index (κ2) is 3.20. The maximum atomic E-state index is 9.63. The molecule has 0 radical (unpaired) electrons. The van der Waals surface area contributed by atoms with Crippen molar-refractivity contribution in [1.82, 2.24) is 0 Å². The van der Waals surface area contributed by atoms with Gasteiger partial charge < -0.3 is 9.84 Å². The zero-order valence-electron chi connectivity index (χ0n) is 6.87. The minimum atomic E-state index is 0.291. The molecule has 1 heterocycles. The maximum absolute atomic E-state index is 9.63. The van der Waals surface area contributed by atoms with Gasteiger partial charge in [0.05, 0.1) is 11.8 Å². The zero-order valence-corrected chi connectivity index (χ0v) is 9.28. The van der Waals surface area contributed by atoms with Crippen molar-refractivity contribution >= 4 is 37.4 Å². The van der Waals surface area contributed by atoms with Crippen molar-refractivity contribution in [3.05, 3.63) is 22.0 Å². The molecule has 0 bridgehead atoms. The van der Waals surface area contributed by atoms with Crippen molar-refractivity contribution in [2.75, 3.05) is 7.11 Å². The van der Waals surface area contributed by atoms with Crippen molar-refractivity contribution in [1.29, 1.82) is 0 Å². The van der Waals surface area contributed by atoms with E-state index in [2.05, 4.69) is 15.9 Å². The highest BCUT2D eigenvalue weighted by molar-refractivity contribution is 9.11. The molecular weight excluding hydrogens is 252 g/mol. The Kier molecular flexibility index (Phi) is 2.17. The van der Waals surface area contributed by atoms with Crippen molar-refractivity contribution in [2.45, 2.75) is 0 Å². The van der Waals surface area contributed by atoms with Crippen LogP contribution in [0.4, 0.5) is 0 Å². The molecule has 0 saturated carbocycles. The van der Waals surface area contributed by atoms with Gasteiger partial charge in [-0.05, 0) is 28.1 Å². The Balaban J connectivity index is 2.84. The number of hydrogen-bond donors (Lipinski definition) is 1. The van der Waals surface area contributed by atoms with Crippen molar-refractivity contribution in [3.8, 4) is 11.5 Å². The Morgan fingerprint density at radius 2 is 2.23 bits per heavy atom. The molecule has 4 heteroatoms. The number of aromatic hydroxyl groups is 1. The lowest BCUT2D eigenvalue weighted by atomic mass is 10.2. The molecular formula is C9H7BrO2S. The number of halogens is 1. The predicted molar refractivity (Wildman–Crippen MR) is 57.7 cm³/mol. The fourth-order valence-electron chi connectivity index (χ4n) is 1.21. The van der Waals surface area contributed by atoms with E-state index in [4.69, 9.17) is 4.74 Å². The first-order valence-electron chi connectivity index (χ1n) is 3.68. The largest absolute Gasteiger partial charge is 0.505 e. The van der Waals surface area contributed by atoms with E-state index in [9.17, 15) is 5.11 Å². The molecule has 1 aromatic carbocycles. The third-order valence-electron chi connectivity index (χ3n) is 1.83. The standard InChI is InChI=1S/C9H7BrO2S/c1-12-6-4-2-3-5-7(11)9(10)13-8(5)6/h2-4,11H,1H3. The van der Waals surface area contributed by atoms with Crippen LogP contribution in [0.2, 0.25) is 0 Å². The molecule has 0 aliphatic rings. The molecule has 2 nitrogen and oxygen atoms in total. The second-order valence-electron chi connectivity index (χ2n) is 2.56. The Morgan fingerprint density at radius 1 is 1.46 bits per heavy atom. The number of ether oxygens (including phenoxy) is 1. The van der Waals surface area contributed by atoms with E-state index >= 15 is 0 Å². The van der Waals surface area contributed by atoms with Crippen LogP contribution >= 0.6 is 27.3 Å². The van der Waals surface area contributed by atoms with Crippen LogP contribution in [-0.4, -0.2) is 12.2 Å². The highest BCUT2D eigenvalue weighted by atomic mass is 79.9. The smallest absolute Gasteiger partial charge is 0.148 e. The summed E-state index contributed by atoms with van der Waals surface area (Å²) in [6, 6.07) is 5.61. The molecule has 0 aliphatic heterocycles. The summed E-state index contributed by atoms with van der Waals surface area (Å²) in [4.78, 5) is 0. The minimum absolute atomic E-state index is 0.291. The van der Waals surface area contributed by atoms with Crippen LogP contribution in [0.3, 0.4) is 0 Å². The highest BCUT2D eigenvalue weighted by Gasteiger charge is 2.11. The van der Waals surface area contributed by atoms with Gasteiger partial charge in [0.15, 0.2) is 0 Å². The van der Waals surface area contributed by atoms with Crippen LogP contribution in [0.5, 0.6) is 11.5 Å². The Morgan fingerprint density at radius 3 is 2.92 bits per heavy atom. The summed E-state index contributed by atoms with van der Waals surface area (Å²) in [7, 11) is 1.62. The number of hydrogen-bond acceptors (Lipinski definition) is 3. The van der Waals surface area contributed by atoms with Gasteiger partial charge in [0.1, 0.15) is 15.3 Å². The molecule has 0 fully saturated rings. The predicted octanol–water partition coefficient (Wildman–Crippen LogP) is 3.38. The molecule has 2 aromatic rings. The fourth-order valence-corrected chi connectivity index (χ4v) is 2.82. The van der Waals surface area contributed by atoms with E-state index in [1.807, 2.05) is 18.2 Å². The van der Waals surface area contributed by atoms with E-state index in [-0.39, 0.29) is 0 Å². The van der Waals surface area contributed by atoms with Crippen LogP contribution in [-0.2, 0) is 0 Å². The monoisotopic (exact) mass is 258 g/mol. The van der Waals surface area contributed by atoms with Gasteiger partial charge in [-0.1, -0.05) is 6.07 Å². The van der Waals surface area contributed by atoms with E-state index < -0.39 is 0 Å². The summed E-state index contributed by atoms with van der Waals surface area (Å²) in [5, 5.41) is 10.5.